The van der Waals surface area contributed by atoms with Crippen LogP contribution in [0.4, 0.5) is 9.59 Å². The number of hydrogen-bond acceptors (Lipinski definition) is 7. The van der Waals surface area contributed by atoms with Crippen LogP contribution in [-0.2, 0) is 30.5 Å². The van der Waals surface area contributed by atoms with Crippen molar-refractivity contribution >= 4 is 46.6 Å². The fourth-order valence-electron chi connectivity index (χ4n) is 5.98. The topological polar surface area (TPSA) is 173 Å². The Hall–Kier alpha value is -5.46. The lowest BCUT2D eigenvalue weighted by molar-refractivity contribution is -0.142. The molecule has 2 heterocycles. The van der Waals surface area contributed by atoms with Crippen LogP contribution in [0.5, 0.6) is 0 Å². The summed E-state index contributed by atoms with van der Waals surface area (Å²) in [5.74, 6) is -1.82. The zero-order valence-corrected chi connectivity index (χ0v) is 27.9. The Kier molecular flexibility index (Phi) is 10.8. The van der Waals surface area contributed by atoms with Crippen LogP contribution >= 0.6 is 0 Å². The second-order valence-electron chi connectivity index (χ2n) is 13.1. The SMILES string of the molecule is CC(C)(C)OC(=O)N[C@@H](C(=O)N1CCC[C@H]1C(=O)N[C@H]1CCCN(/C(N)=N/C(=O)OCc2ccccc2)C1=O)c1ccc2ccccc2c1. The number of guanidine groups is 1. The normalized spacial score (nSPS) is 18.9. The molecule has 5 amide bonds. The lowest BCUT2D eigenvalue weighted by Gasteiger charge is -2.33. The molecule has 2 fully saturated rings. The number of hydrogen-bond donors (Lipinski definition) is 3. The van der Waals surface area contributed by atoms with Crippen LogP contribution in [0.3, 0.4) is 0 Å². The summed E-state index contributed by atoms with van der Waals surface area (Å²) in [6, 6.07) is 19.2. The zero-order chi connectivity index (χ0) is 35.1. The van der Waals surface area contributed by atoms with Crippen LogP contribution in [0.25, 0.3) is 10.8 Å². The average Bonchev–Trinajstić information content (AvgIpc) is 3.57. The summed E-state index contributed by atoms with van der Waals surface area (Å²) in [7, 11) is 0. The maximum absolute atomic E-state index is 14.2. The van der Waals surface area contributed by atoms with Crippen molar-refractivity contribution in [1.29, 1.82) is 0 Å². The molecule has 13 nitrogen and oxygen atoms in total. The molecule has 13 heteroatoms. The van der Waals surface area contributed by atoms with Crippen molar-refractivity contribution in [3.63, 3.8) is 0 Å². The molecule has 0 spiro atoms. The molecule has 0 saturated carbocycles. The number of carbonyl (C=O) groups is 5. The van der Waals surface area contributed by atoms with Crippen LogP contribution < -0.4 is 16.4 Å². The van der Waals surface area contributed by atoms with Crippen LogP contribution in [-0.4, -0.2) is 76.4 Å². The molecule has 3 atom stereocenters. The van der Waals surface area contributed by atoms with Gasteiger partial charge in [0.1, 0.15) is 30.3 Å². The number of nitrogens with one attached hydrogen (secondary N) is 2. The minimum Gasteiger partial charge on any atom is -0.444 e. The molecule has 258 valence electrons. The average molecular weight is 671 g/mol. The van der Waals surface area contributed by atoms with E-state index in [0.717, 1.165) is 21.2 Å². The molecule has 0 unspecified atom stereocenters. The predicted molar refractivity (Wildman–Crippen MR) is 182 cm³/mol. The number of alkyl carbamates (subject to hydrolysis) is 1. The summed E-state index contributed by atoms with van der Waals surface area (Å²) in [5.41, 5.74) is 6.54. The van der Waals surface area contributed by atoms with Gasteiger partial charge in [-0.15, -0.1) is 4.99 Å². The summed E-state index contributed by atoms with van der Waals surface area (Å²) in [5, 5.41) is 7.36. The lowest BCUT2D eigenvalue weighted by atomic mass is 10.0. The Morgan fingerprint density at radius 1 is 0.939 bits per heavy atom. The maximum Gasteiger partial charge on any atom is 0.437 e. The Morgan fingerprint density at radius 2 is 1.63 bits per heavy atom. The molecule has 3 aromatic rings. The Labute approximate surface area is 284 Å². The number of ether oxygens (including phenoxy) is 2. The van der Waals surface area contributed by atoms with Gasteiger partial charge >= 0.3 is 12.2 Å². The highest BCUT2D eigenvalue weighted by molar-refractivity contribution is 6.04. The van der Waals surface area contributed by atoms with Crippen molar-refractivity contribution in [2.45, 2.75) is 76.8 Å². The van der Waals surface area contributed by atoms with E-state index in [1.165, 1.54) is 4.90 Å². The van der Waals surface area contributed by atoms with Crippen LogP contribution in [0, 0.1) is 0 Å². The monoisotopic (exact) mass is 670 g/mol. The smallest absolute Gasteiger partial charge is 0.437 e. The minimum absolute atomic E-state index is 0.00525. The van der Waals surface area contributed by atoms with Gasteiger partial charge in [-0.2, -0.15) is 0 Å². The van der Waals surface area contributed by atoms with Gasteiger partial charge in [-0.3, -0.25) is 19.3 Å². The number of benzene rings is 3. The third-order valence-electron chi connectivity index (χ3n) is 8.30. The van der Waals surface area contributed by atoms with E-state index in [2.05, 4.69) is 15.6 Å². The van der Waals surface area contributed by atoms with Gasteiger partial charge in [0.2, 0.25) is 11.9 Å². The van der Waals surface area contributed by atoms with Crippen molar-refractivity contribution < 1.29 is 33.4 Å². The van der Waals surface area contributed by atoms with E-state index in [4.69, 9.17) is 15.2 Å². The lowest BCUT2D eigenvalue weighted by Crippen LogP contribution is -2.58. The summed E-state index contributed by atoms with van der Waals surface area (Å²) in [4.78, 5) is 72.8. The van der Waals surface area contributed by atoms with Gasteiger partial charge in [0, 0.05) is 13.1 Å². The van der Waals surface area contributed by atoms with E-state index in [1.807, 2.05) is 54.6 Å². The number of likely N-dealkylation sites (tertiary alicyclic amines) is 2. The van der Waals surface area contributed by atoms with Gasteiger partial charge in [-0.25, -0.2) is 9.59 Å². The quantitative estimate of drug-likeness (QED) is 0.248. The summed E-state index contributed by atoms with van der Waals surface area (Å²) in [6.45, 7) is 5.67. The molecule has 0 aliphatic carbocycles. The summed E-state index contributed by atoms with van der Waals surface area (Å²) in [6.07, 6.45) is 0.0412. The summed E-state index contributed by atoms with van der Waals surface area (Å²) < 4.78 is 10.6. The van der Waals surface area contributed by atoms with Crippen LogP contribution in [0.2, 0.25) is 0 Å². The van der Waals surface area contributed by atoms with Crippen molar-refractivity contribution in [3.8, 4) is 0 Å². The largest absolute Gasteiger partial charge is 0.444 e. The van der Waals surface area contributed by atoms with Crippen molar-refractivity contribution in [2.24, 2.45) is 10.7 Å². The molecular formula is C36H42N6O7. The van der Waals surface area contributed by atoms with Crippen molar-refractivity contribution in [3.05, 3.63) is 83.9 Å². The van der Waals surface area contributed by atoms with Crippen LogP contribution in [0.15, 0.2) is 77.8 Å². The molecular weight excluding hydrogens is 628 g/mol. The van der Waals surface area contributed by atoms with E-state index >= 15 is 0 Å². The molecule has 0 radical (unpaired) electrons. The molecule has 4 N–H and O–H groups in total. The number of rotatable bonds is 7. The number of nitrogens with zero attached hydrogens (tertiary/aromatic N) is 3. The van der Waals surface area contributed by atoms with E-state index < -0.39 is 53.6 Å². The van der Waals surface area contributed by atoms with Gasteiger partial charge in [-0.1, -0.05) is 66.7 Å². The number of aliphatic imine (C=N–C) groups is 1. The Bertz CT molecular complexity index is 1740. The second kappa shape index (κ2) is 15.2. The molecule has 2 aliphatic heterocycles. The van der Waals surface area contributed by atoms with E-state index in [-0.39, 0.29) is 25.7 Å². The van der Waals surface area contributed by atoms with E-state index in [1.54, 1.807) is 39.0 Å². The molecule has 5 rings (SSSR count). The first-order valence-electron chi connectivity index (χ1n) is 16.3. The minimum atomic E-state index is -1.13. The Morgan fingerprint density at radius 3 is 2.37 bits per heavy atom. The highest BCUT2D eigenvalue weighted by Gasteiger charge is 2.41. The third kappa shape index (κ3) is 8.92. The first-order chi connectivity index (χ1) is 23.4. The highest BCUT2D eigenvalue weighted by atomic mass is 16.6. The fraction of sp³-hybridized carbons (Fsp3) is 0.389. The molecule has 3 aromatic carbocycles. The summed E-state index contributed by atoms with van der Waals surface area (Å²) >= 11 is 0. The van der Waals surface area contributed by atoms with E-state index in [0.29, 0.717) is 31.2 Å². The van der Waals surface area contributed by atoms with Crippen LogP contribution in [0.1, 0.15) is 63.6 Å². The number of fused-ring (bicyclic) bond motifs is 1. The third-order valence-corrected chi connectivity index (χ3v) is 8.30. The van der Waals surface area contributed by atoms with E-state index in [9.17, 15) is 24.0 Å². The zero-order valence-electron chi connectivity index (χ0n) is 27.9. The van der Waals surface area contributed by atoms with Crippen molar-refractivity contribution in [2.75, 3.05) is 13.1 Å². The number of amides is 5. The predicted octanol–water partition coefficient (Wildman–Crippen LogP) is 4.16. The first-order valence-corrected chi connectivity index (χ1v) is 16.3. The molecule has 0 aromatic heterocycles. The van der Waals surface area contributed by atoms with Crippen molar-refractivity contribution in [1.82, 2.24) is 20.4 Å². The van der Waals surface area contributed by atoms with Gasteiger partial charge in [0.15, 0.2) is 0 Å². The number of carbonyl (C=O) groups excluding carboxylic acids is 5. The molecule has 2 saturated heterocycles. The number of piperidine rings is 1. The standard InChI is InChI=1S/C36H42N6O7/c1-36(2,3)49-35(47)39-29(26-18-17-24-13-7-8-14-25(24)21-26)32(45)41-19-10-16-28(41)30(43)38-27-15-9-20-42(31(27)44)33(37)40-34(46)48-22-23-11-5-4-6-12-23/h4-8,11-14,17-18,21,27-29H,9-10,15-16,19-20,22H2,1-3H3,(H,38,43)(H,39,47)(H2,37,40,46)/t27-,28-,29+/m0/s1. The van der Waals surface area contributed by atoms with Gasteiger partial charge in [0.25, 0.3) is 11.8 Å². The van der Waals surface area contributed by atoms with Gasteiger partial charge in [0.05, 0.1) is 0 Å². The maximum atomic E-state index is 14.2. The Balaban J connectivity index is 1.27. The second-order valence-corrected chi connectivity index (χ2v) is 13.1. The number of nitrogens with two attached hydrogens (primary N) is 1. The fourth-order valence-corrected chi connectivity index (χ4v) is 5.98. The molecule has 0 bridgehead atoms. The molecule has 49 heavy (non-hydrogen) atoms. The molecule has 2 aliphatic rings. The van der Waals surface area contributed by atoms with Gasteiger partial charge < -0.3 is 30.7 Å². The first kappa shape index (κ1) is 34.9. The van der Waals surface area contributed by atoms with Gasteiger partial charge in [-0.05, 0) is 74.4 Å². The highest BCUT2D eigenvalue weighted by Crippen LogP contribution is 2.27.